The zero-order valence-corrected chi connectivity index (χ0v) is 13.0. The van der Waals surface area contributed by atoms with Crippen LogP contribution >= 0.6 is 0 Å². The molecule has 3 fully saturated rings. The number of nitrogens with one attached hydrogen (secondary N) is 1. The van der Waals surface area contributed by atoms with Gasteiger partial charge in [-0.05, 0) is 56.1 Å². The standard InChI is InChI=1S/C18H27N3/c1-2-9-18(8-1)10-12-21(13-11-18)17-5-3-4-16(20-17)14-19-15-6-7-15/h3-5,15,19H,1-2,6-14H2. The molecule has 0 bridgehead atoms. The van der Waals surface area contributed by atoms with Crippen LogP contribution in [0.25, 0.3) is 0 Å². The Morgan fingerprint density at radius 3 is 2.57 bits per heavy atom. The van der Waals surface area contributed by atoms with Crippen LogP contribution in [0, 0.1) is 5.41 Å². The summed E-state index contributed by atoms with van der Waals surface area (Å²) in [6, 6.07) is 7.27. The third-order valence-electron chi connectivity index (χ3n) is 5.75. The zero-order valence-electron chi connectivity index (χ0n) is 13.0. The van der Waals surface area contributed by atoms with Crippen LogP contribution in [0.1, 0.15) is 57.1 Å². The Balaban J connectivity index is 1.38. The van der Waals surface area contributed by atoms with E-state index >= 15 is 0 Å². The van der Waals surface area contributed by atoms with Gasteiger partial charge in [-0.1, -0.05) is 18.9 Å². The number of piperidine rings is 1. The molecular weight excluding hydrogens is 258 g/mol. The molecule has 1 saturated heterocycles. The number of nitrogens with zero attached hydrogens (tertiary/aromatic N) is 2. The third-order valence-corrected chi connectivity index (χ3v) is 5.75. The first-order valence-corrected chi connectivity index (χ1v) is 8.77. The summed E-state index contributed by atoms with van der Waals surface area (Å²) in [7, 11) is 0. The normalized spacial score (nSPS) is 24.7. The molecule has 1 aromatic heterocycles. The SMILES string of the molecule is c1cc(CNC2CC2)nc(N2CCC3(CCCC3)CC2)c1. The number of aromatic nitrogens is 1. The van der Waals surface area contributed by atoms with Gasteiger partial charge in [-0.2, -0.15) is 0 Å². The maximum Gasteiger partial charge on any atom is 0.128 e. The molecule has 2 heterocycles. The number of hydrogen-bond acceptors (Lipinski definition) is 3. The number of anilines is 1. The van der Waals surface area contributed by atoms with E-state index in [4.69, 9.17) is 4.98 Å². The fourth-order valence-electron chi connectivity index (χ4n) is 4.11. The van der Waals surface area contributed by atoms with Gasteiger partial charge in [0.25, 0.3) is 0 Å². The van der Waals surface area contributed by atoms with E-state index in [0.717, 1.165) is 12.6 Å². The van der Waals surface area contributed by atoms with Crippen molar-refractivity contribution >= 4 is 5.82 Å². The van der Waals surface area contributed by atoms with Gasteiger partial charge in [0.05, 0.1) is 5.69 Å². The van der Waals surface area contributed by atoms with Crippen LogP contribution in [-0.2, 0) is 6.54 Å². The van der Waals surface area contributed by atoms with Gasteiger partial charge < -0.3 is 10.2 Å². The topological polar surface area (TPSA) is 28.2 Å². The highest BCUT2D eigenvalue weighted by Gasteiger charge is 2.37. The maximum atomic E-state index is 4.87. The molecule has 21 heavy (non-hydrogen) atoms. The minimum Gasteiger partial charge on any atom is -0.357 e. The minimum atomic E-state index is 0.696. The van der Waals surface area contributed by atoms with Crippen molar-refractivity contribution in [2.24, 2.45) is 5.41 Å². The lowest BCUT2D eigenvalue weighted by molar-refractivity contribution is 0.226. The summed E-state index contributed by atoms with van der Waals surface area (Å²) in [6.45, 7) is 3.33. The minimum absolute atomic E-state index is 0.696. The number of hydrogen-bond donors (Lipinski definition) is 1. The maximum absolute atomic E-state index is 4.87. The summed E-state index contributed by atoms with van der Waals surface area (Å²) in [5.74, 6) is 1.19. The fourth-order valence-corrected chi connectivity index (χ4v) is 4.11. The summed E-state index contributed by atoms with van der Waals surface area (Å²) in [5.41, 5.74) is 1.89. The molecule has 0 amide bonds. The molecule has 4 rings (SSSR count). The van der Waals surface area contributed by atoms with Gasteiger partial charge in [-0.3, -0.25) is 0 Å². The molecule has 3 nitrogen and oxygen atoms in total. The molecule has 1 aliphatic heterocycles. The summed E-state index contributed by atoms with van der Waals surface area (Å²) in [5, 5.41) is 3.56. The molecule has 1 spiro atoms. The van der Waals surface area contributed by atoms with Crippen molar-refractivity contribution in [3.63, 3.8) is 0 Å². The Labute approximate surface area is 128 Å². The van der Waals surface area contributed by atoms with E-state index in [9.17, 15) is 0 Å². The third kappa shape index (κ3) is 3.08. The Morgan fingerprint density at radius 2 is 1.86 bits per heavy atom. The van der Waals surface area contributed by atoms with Crippen LogP contribution in [0.3, 0.4) is 0 Å². The highest BCUT2D eigenvalue weighted by Crippen LogP contribution is 2.46. The number of rotatable bonds is 4. The van der Waals surface area contributed by atoms with Gasteiger partial charge in [0.15, 0.2) is 0 Å². The van der Waals surface area contributed by atoms with Crippen molar-refractivity contribution in [3.05, 3.63) is 23.9 Å². The molecule has 0 atom stereocenters. The molecule has 2 saturated carbocycles. The second-order valence-electron chi connectivity index (χ2n) is 7.34. The van der Waals surface area contributed by atoms with E-state index in [1.165, 1.54) is 76.0 Å². The molecule has 3 heteroatoms. The summed E-state index contributed by atoms with van der Waals surface area (Å²) in [6.07, 6.45) is 11.3. The first kappa shape index (κ1) is 13.6. The summed E-state index contributed by atoms with van der Waals surface area (Å²) >= 11 is 0. The highest BCUT2D eigenvalue weighted by atomic mass is 15.2. The van der Waals surface area contributed by atoms with Crippen molar-refractivity contribution < 1.29 is 0 Å². The lowest BCUT2D eigenvalue weighted by atomic mass is 9.77. The fraction of sp³-hybridized carbons (Fsp3) is 0.722. The van der Waals surface area contributed by atoms with Gasteiger partial charge in [-0.15, -0.1) is 0 Å². The van der Waals surface area contributed by atoms with Crippen LogP contribution in [0.15, 0.2) is 18.2 Å². The Bertz CT molecular complexity index is 479. The lowest BCUT2D eigenvalue weighted by Gasteiger charge is -2.40. The molecule has 0 aromatic carbocycles. The Hall–Kier alpha value is -1.09. The van der Waals surface area contributed by atoms with Crippen LogP contribution in [-0.4, -0.2) is 24.1 Å². The van der Waals surface area contributed by atoms with Crippen molar-refractivity contribution in [2.75, 3.05) is 18.0 Å². The smallest absolute Gasteiger partial charge is 0.128 e. The predicted molar refractivity (Wildman–Crippen MR) is 86.4 cm³/mol. The van der Waals surface area contributed by atoms with Crippen molar-refractivity contribution in [2.45, 2.75) is 64.0 Å². The van der Waals surface area contributed by atoms with E-state index in [1.54, 1.807) is 0 Å². The van der Waals surface area contributed by atoms with E-state index in [2.05, 4.69) is 28.4 Å². The van der Waals surface area contributed by atoms with Crippen molar-refractivity contribution in [1.29, 1.82) is 0 Å². The molecule has 3 aliphatic rings. The van der Waals surface area contributed by atoms with E-state index in [0.29, 0.717) is 5.41 Å². The average molecular weight is 285 g/mol. The lowest BCUT2D eigenvalue weighted by Crippen LogP contribution is -2.39. The van der Waals surface area contributed by atoms with Crippen LogP contribution in [0.2, 0.25) is 0 Å². The molecule has 1 N–H and O–H groups in total. The van der Waals surface area contributed by atoms with Gasteiger partial charge in [0.2, 0.25) is 0 Å². The molecule has 0 unspecified atom stereocenters. The summed E-state index contributed by atoms with van der Waals surface area (Å²) in [4.78, 5) is 7.38. The highest BCUT2D eigenvalue weighted by molar-refractivity contribution is 5.40. The Kier molecular flexibility index (Phi) is 3.62. The second-order valence-corrected chi connectivity index (χ2v) is 7.34. The van der Waals surface area contributed by atoms with Gasteiger partial charge >= 0.3 is 0 Å². The number of pyridine rings is 1. The first-order valence-electron chi connectivity index (χ1n) is 8.77. The molecule has 2 aliphatic carbocycles. The van der Waals surface area contributed by atoms with Gasteiger partial charge in [0.1, 0.15) is 5.82 Å². The molecular formula is C18H27N3. The predicted octanol–water partition coefficient (Wildman–Crippen LogP) is 3.49. The van der Waals surface area contributed by atoms with Crippen LogP contribution in [0.4, 0.5) is 5.82 Å². The van der Waals surface area contributed by atoms with Crippen LogP contribution in [0.5, 0.6) is 0 Å². The second kappa shape index (κ2) is 5.60. The van der Waals surface area contributed by atoms with Gasteiger partial charge in [-0.25, -0.2) is 4.98 Å². The summed E-state index contributed by atoms with van der Waals surface area (Å²) < 4.78 is 0. The van der Waals surface area contributed by atoms with Crippen molar-refractivity contribution in [1.82, 2.24) is 10.3 Å². The monoisotopic (exact) mass is 285 g/mol. The molecule has 114 valence electrons. The zero-order chi connectivity index (χ0) is 14.1. The van der Waals surface area contributed by atoms with E-state index < -0.39 is 0 Å². The quantitative estimate of drug-likeness (QED) is 0.918. The van der Waals surface area contributed by atoms with Crippen molar-refractivity contribution in [3.8, 4) is 0 Å². The molecule has 0 radical (unpaired) electrons. The van der Waals surface area contributed by atoms with E-state index in [-0.39, 0.29) is 0 Å². The molecule has 1 aromatic rings. The first-order chi connectivity index (χ1) is 10.3. The van der Waals surface area contributed by atoms with Gasteiger partial charge in [0, 0.05) is 25.7 Å². The average Bonchev–Trinajstić information content (AvgIpc) is 3.26. The largest absolute Gasteiger partial charge is 0.357 e. The van der Waals surface area contributed by atoms with Crippen LogP contribution < -0.4 is 10.2 Å². The Morgan fingerprint density at radius 1 is 1.10 bits per heavy atom. The van der Waals surface area contributed by atoms with E-state index in [1.807, 2.05) is 0 Å².